The summed E-state index contributed by atoms with van der Waals surface area (Å²) in [5, 5.41) is 7.60. The summed E-state index contributed by atoms with van der Waals surface area (Å²) in [5.74, 6) is 0.904. The SMILES string of the molecule is CCn1c(C)cc(CNC(C)c2c(C)noc2C)c1C. The van der Waals surface area contributed by atoms with Crippen molar-refractivity contribution >= 4 is 0 Å². The molecule has 0 fully saturated rings. The predicted octanol–water partition coefficient (Wildman–Crippen LogP) is 3.58. The van der Waals surface area contributed by atoms with Gasteiger partial charge in [-0.15, -0.1) is 0 Å². The Kier molecular flexibility index (Phi) is 4.33. The van der Waals surface area contributed by atoms with E-state index in [1.165, 1.54) is 22.5 Å². The monoisotopic (exact) mass is 275 g/mol. The fourth-order valence-corrected chi connectivity index (χ4v) is 3.01. The lowest BCUT2D eigenvalue weighted by atomic mass is 10.1. The minimum atomic E-state index is 0.242. The van der Waals surface area contributed by atoms with Crippen LogP contribution in [-0.2, 0) is 13.1 Å². The molecule has 0 aliphatic carbocycles. The van der Waals surface area contributed by atoms with E-state index < -0.39 is 0 Å². The minimum Gasteiger partial charge on any atom is -0.361 e. The Morgan fingerprint density at radius 2 is 2.00 bits per heavy atom. The highest BCUT2D eigenvalue weighted by Gasteiger charge is 2.16. The summed E-state index contributed by atoms with van der Waals surface area (Å²) in [6.07, 6.45) is 0. The molecule has 0 saturated heterocycles. The maximum Gasteiger partial charge on any atom is 0.138 e. The van der Waals surface area contributed by atoms with Gasteiger partial charge in [0.05, 0.1) is 5.69 Å². The maximum absolute atomic E-state index is 5.24. The van der Waals surface area contributed by atoms with Gasteiger partial charge in [0.2, 0.25) is 0 Å². The molecule has 2 rings (SSSR count). The number of rotatable bonds is 5. The van der Waals surface area contributed by atoms with Gasteiger partial charge in [-0.1, -0.05) is 5.16 Å². The van der Waals surface area contributed by atoms with E-state index in [1.54, 1.807) is 0 Å². The molecule has 0 spiro atoms. The van der Waals surface area contributed by atoms with Crippen molar-refractivity contribution in [2.45, 2.75) is 60.7 Å². The van der Waals surface area contributed by atoms with Crippen molar-refractivity contribution in [1.82, 2.24) is 15.0 Å². The van der Waals surface area contributed by atoms with Gasteiger partial charge in [-0.25, -0.2) is 0 Å². The molecule has 1 unspecified atom stereocenters. The van der Waals surface area contributed by atoms with Crippen LogP contribution in [0.1, 0.15) is 53.9 Å². The van der Waals surface area contributed by atoms with Gasteiger partial charge in [0.25, 0.3) is 0 Å². The summed E-state index contributed by atoms with van der Waals surface area (Å²) in [5.41, 5.74) is 6.19. The topological polar surface area (TPSA) is 43.0 Å². The van der Waals surface area contributed by atoms with E-state index in [0.717, 1.165) is 24.5 Å². The van der Waals surface area contributed by atoms with E-state index in [-0.39, 0.29) is 6.04 Å². The van der Waals surface area contributed by atoms with Crippen LogP contribution in [0.15, 0.2) is 10.6 Å². The van der Waals surface area contributed by atoms with E-state index in [2.05, 4.69) is 48.8 Å². The third-order valence-corrected chi connectivity index (χ3v) is 4.11. The molecule has 2 aromatic rings. The fourth-order valence-electron chi connectivity index (χ4n) is 3.01. The summed E-state index contributed by atoms with van der Waals surface area (Å²) < 4.78 is 7.58. The molecular weight excluding hydrogens is 250 g/mol. The molecule has 20 heavy (non-hydrogen) atoms. The molecule has 0 aromatic carbocycles. The first-order valence-corrected chi connectivity index (χ1v) is 7.27. The number of hydrogen-bond donors (Lipinski definition) is 1. The summed E-state index contributed by atoms with van der Waals surface area (Å²) in [6, 6.07) is 2.51. The highest BCUT2D eigenvalue weighted by molar-refractivity contribution is 5.28. The maximum atomic E-state index is 5.24. The molecule has 4 nitrogen and oxygen atoms in total. The molecule has 0 bridgehead atoms. The molecule has 2 heterocycles. The Hall–Kier alpha value is -1.55. The lowest BCUT2D eigenvalue weighted by Gasteiger charge is -2.14. The molecule has 0 saturated carbocycles. The predicted molar refractivity (Wildman–Crippen MR) is 80.8 cm³/mol. The lowest BCUT2D eigenvalue weighted by molar-refractivity contribution is 0.390. The quantitative estimate of drug-likeness (QED) is 0.907. The normalized spacial score (nSPS) is 12.9. The summed E-state index contributed by atoms with van der Waals surface area (Å²) in [7, 11) is 0. The molecular formula is C16H25N3O. The van der Waals surface area contributed by atoms with Gasteiger partial charge in [-0.3, -0.25) is 0 Å². The summed E-state index contributed by atoms with van der Waals surface area (Å²) >= 11 is 0. The molecule has 110 valence electrons. The van der Waals surface area contributed by atoms with Gasteiger partial charge >= 0.3 is 0 Å². The average Bonchev–Trinajstić information content (AvgIpc) is 2.87. The van der Waals surface area contributed by atoms with Crippen molar-refractivity contribution in [1.29, 1.82) is 0 Å². The number of aromatic nitrogens is 2. The fraction of sp³-hybridized carbons (Fsp3) is 0.562. The van der Waals surface area contributed by atoms with Gasteiger partial charge in [-0.2, -0.15) is 0 Å². The van der Waals surface area contributed by atoms with Crippen molar-refractivity contribution in [3.63, 3.8) is 0 Å². The Bertz CT molecular complexity index is 576. The van der Waals surface area contributed by atoms with Crippen molar-refractivity contribution in [3.8, 4) is 0 Å². The van der Waals surface area contributed by atoms with Crippen molar-refractivity contribution < 1.29 is 4.52 Å². The molecule has 2 aromatic heterocycles. The minimum absolute atomic E-state index is 0.242. The molecule has 1 atom stereocenters. The second kappa shape index (κ2) is 5.83. The van der Waals surface area contributed by atoms with Crippen molar-refractivity contribution in [2.75, 3.05) is 0 Å². The second-order valence-corrected chi connectivity index (χ2v) is 5.48. The standard InChI is InChI=1S/C16H25N3O/c1-7-19-10(2)8-15(13(19)5)9-17-11(3)16-12(4)18-20-14(16)6/h8,11,17H,7,9H2,1-6H3. The number of aryl methyl sites for hydroxylation is 3. The van der Waals surface area contributed by atoms with Crippen LogP contribution in [0.3, 0.4) is 0 Å². The van der Waals surface area contributed by atoms with Crippen LogP contribution in [0.4, 0.5) is 0 Å². The molecule has 0 radical (unpaired) electrons. The Balaban J connectivity index is 2.09. The van der Waals surface area contributed by atoms with Gasteiger partial charge in [0.1, 0.15) is 5.76 Å². The third kappa shape index (κ3) is 2.66. The van der Waals surface area contributed by atoms with Gasteiger partial charge in [-0.05, 0) is 53.2 Å². The van der Waals surface area contributed by atoms with E-state index in [1.807, 2.05) is 13.8 Å². The van der Waals surface area contributed by atoms with Crippen LogP contribution >= 0.6 is 0 Å². The Morgan fingerprint density at radius 3 is 2.50 bits per heavy atom. The zero-order valence-electron chi connectivity index (χ0n) is 13.4. The Morgan fingerprint density at radius 1 is 1.30 bits per heavy atom. The third-order valence-electron chi connectivity index (χ3n) is 4.11. The molecule has 1 N–H and O–H groups in total. The van der Waals surface area contributed by atoms with Gasteiger partial charge in [0.15, 0.2) is 0 Å². The smallest absolute Gasteiger partial charge is 0.138 e. The second-order valence-electron chi connectivity index (χ2n) is 5.48. The number of nitrogens with one attached hydrogen (secondary N) is 1. The largest absolute Gasteiger partial charge is 0.361 e. The van der Waals surface area contributed by atoms with Crippen molar-refractivity contribution in [3.05, 3.63) is 40.0 Å². The summed E-state index contributed by atoms with van der Waals surface area (Å²) in [4.78, 5) is 0. The lowest BCUT2D eigenvalue weighted by Crippen LogP contribution is -2.19. The van der Waals surface area contributed by atoms with Crippen LogP contribution < -0.4 is 5.32 Å². The molecule has 0 amide bonds. The molecule has 0 aliphatic rings. The average molecular weight is 275 g/mol. The van der Waals surface area contributed by atoms with Gasteiger partial charge in [0, 0.05) is 36.1 Å². The van der Waals surface area contributed by atoms with Crippen LogP contribution in [0.25, 0.3) is 0 Å². The Labute approximate surface area is 121 Å². The summed E-state index contributed by atoms with van der Waals surface area (Å²) in [6.45, 7) is 14.5. The van der Waals surface area contributed by atoms with E-state index in [0.29, 0.717) is 0 Å². The number of nitrogens with zero attached hydrogens (tertiary/aromatic N) is 2. The molecule has 4 heteroatoms. The van der Waals surface area contributed by atoms with E-state index in [9.17, 15) is 0 Å². The van der Waals surface area contributed by atoms with Crippen molar-refractivity contribution in [2.24, 2.45) is 0 Å². The first-order chi connectivity index (χ1) is 9.45. The van der Waals surface area contributed by atoms with Crippen LogP contribution in [0.5, 0.6) is 0 Å². The first kappa shape index (κ1) is 14.9. The van der Waals surface area contributed by atoms with Crippen LogP contribution in [0, 0.1) is 27.7 Å². The zero-order valence-corrected chi connectivity index (χ0v) is 13.4. The van der Waals surface area contributed by atoms with Crippen LogP contribution in [-0.4, -0.2) is 9.72 Å². The van der Waals surface area contributed by atoms with Crippen LogP contribution in [0.2, 0.25) is 0 Å². The zero-order chi connectivity index (χ0) is 14.9. The first-order valence-electron chi connectivity index (χ1n) is 7.27. The molecule has 0 aliphatic heterocycles. The highest BCUT2D eigenvalue weighted by Crippen LogP contribution is 2.22. The van der Waals surface area contributed by atoms with E-state index >= 15 is 0 Å². The number of hydrogen-bond acceptors (Lipinski definition) is 3. The van der Waals surface area contributed by atoms with Gasteiger partial charge < -0.3 is 14.4 Å². The highest BCUT2D eigenvalue weighted by atomic mass is 16.5. The van der Waals surface area contributed by atoms with E-state index in [4.69, 9.17) is 4.52 Å².